The van der Waals surface area contributed by atoms with Crippen molar-refractivity contribution in [1.82, 2.24) is 5.43 Å². The number of rotatable bonds is 5. The second-order valence-electron chi connectivity index (χ2n) is 5.24. The van der Waals surface area contributed by atoms with Gasteiger partial charge in [0.1, 0.15) is 5.76 Å². The summed E-state index contributed by atoms with van der Waals surface area (Å²) in [4.78, 5) is 0. The molecule has 2 atom stereocenters. The van der Waals surface area contributed by atoms with E-state index in [1.54, 1.807) is 0 Å². The summed E-state index contributed by atoms with van der Waals surface area (Å²) in [6.45, 7) is 0.881. The maximum atomic E-state index is 6.13. The molecule has 1 aromatic carbocycles. The molecule has 1 aliphatic rings. The van der Waals surface area contributed by atoms with Gasteiger partial charge in [-0.1, -0.05) is 23.7 Å². The third-order valence-corrected chi connectivity index (χ3v) is 4.16. The van der Waals surface area contributed by atoms with Gasteiger partial charge in [-0.3, -0.25) is 5.84 Å². The van der Waals surface area contributed by atoms with Crippen molar-refractivity contribution in [2.75, 3.05) is 6.61 Å². The summed E-state index contributed by atoms with van der Waals surface area (Å²) in [7, 11) is 0. The lowest BCUT2D eigenvalue weighted by atomic mass is 10.0. The van der Waals surface area contributed by atoms with Crippen molar-refractivity contribution >= 4 is 22.6 Å². The maximum absolute atomic E-state index is 6.13. The number of hydrogen-bond acceptors (Lipinski definition) is 4. The molecule has 1 aromatic heterocycles. The predicted octanol–water partition coefficient (Wildman–Crippen LogP) is 3.55. The molecule has 3 rings (SSSR count). The highest BCUT2D eigenvalue weighted by molar-refractivity contribution is 6.34. The molecule has 2 heterocycles. The van der Waals surface area contributed by atoms with Crippen LogP contribution in [0.3, 0.4) is 0 Å². The van der Waals surface area contributed by atoms with Crippen LogP contribution in [0.15, 0.2) is 28.7 Å². The van der Waals surface area contributed by atoms with E-state index in [0.29, 0.717) is 11.1 Å². The highest BCUT2D eigenvalue weighted by atomic mass is 35.5. The Kier molecular flexibility index (Phi) is 4.27. The van der Waals surface area contributed by atoms with Gasteiger partial charge in [0, 0.05) is 12.0 Å². The van der Waals surface area contributed by atoms with Crippen molar-refractivity contribution < 1.29 is 9.15 Å². The van der Waals surface area contributed by atoms with E-state index < -0.39 is 0 Å². The van der Waals surface area contributed by atoms with Crippen LogP contribution in [0, 0.1) is 0 Å². The summed E-state index contributed by atoms with van der Waals surface area (Å²) >= 11 is 6.13. The van der Waals surface area contributed by atoms with Gasteiger partial charge in [0.25, 0.3) is 0 Å². The molecule has 1 saturated heterocycles. The third kappa shape index (κ3) is 2.83. The molecular formula is C15H19ClN2O2. The first-order chi connectivity index (χ1) is 9.78. The molecule has 2 aromatic rings. The van der Waals surface area contributed by atoms with Crippen LogP contribution < -0.4 is 11.3 Å². The molecule has 2 unspecified atom stereocenters. The fraction of sp³-hybridized carbons (Fsp3) is 0.467. The van der Waals surface area contributed by atoms with Crippen molar-refractivity contribution in [3.05, 3.63) is 35.0 Å². The average Bonchev–Trinajstić information content (AvgIpc) is 3.09. The lowest BCUT2D eigenvalue weighted by Gasteiger charge is -2.15. The standard InChI is InChI=1S/C15H19ClN2O2/c16-12-5-1-3-10-9-14(20-15(10)12)13(18-17)7-6-11-4-2-8-19-11/h1,3,5,9,11,13,18H,2,4,6-8,17H2. The van der Waals surface area contributed by atoms with Gasteiger partial charge in [-0.2, -0.15) is 0 Å². The minimum absolute atomic E-state index is 0.0114. The van der Waals surface area contributed by atoms with Crippen molar-refractivity contribution in [3.8, 4) is 0 Å². The van der Waals surface area contributed by atoms with E-state index in [0.717, 1.165) is 49.0 Å². The fourth-order valence-corrected chi connectivity index (χ4v) is 2.97. The zero-order valence-corrected chi connectivity index (χ0v) is 12.0. The molecule has 20 heavy (non-hydrogen) atoms. The van der Waals surface area contributed by atoms with E-state index in [4.69, 9.17) is 26.6 Å². The number of nitrogens with one attached hydrogen (secondary N) is 1. The third-order valence-electron chi connectivity index (χ3n) is 3.86. The maximum Gasteiger partial charge on any atom is 0.152 e. The van der Waals surface area contributed by atoms with Crippen molar-refractivity contribution in [1.29, 1.82) is 0 Å². The summed E-state index contributed by atoms with van der Waals surface area (Å²) in [5, 5.41) is 1.63. The smallest absolute Gasteiger partial charge is 0.152 e. The molecule has 1 fully saturated rings. The fourth-order valence-electron chi connectivity index (χ4n) is 2.75. The number of ether oxygens (including phenoxy) is 1. The summed E-state index contributed by atoms with van der Waals surface area (Å²) in [6.07, 6.45) is 4.53. The highest BCUT2D eigenvalue weighted by Crippen LogP contribution is 2.31. The van der Waals surface area contributed by atoms with E-state index in [9.17, 15) is 0 Å². The quantitative estimate of drug-likeness (QED) is 0.654. The molecule has 1 aliphatic heterocycles. The summed E-state index contributed by atoms with van der Waals surface area (Å²) in [5.41, 5.74) is 3.55. The Balaban J connectivity index is 1.74. The van der Waals surface area contributed by atoms with Crippen LogP contribution in [0.1, 0.15) is 37.5 Å². The van der Waals surface area contributed by atoms with Gasteiger partial charge in [0.2, 0.25) is 0 Å². The number of nitrogens with two attached hydrogens (primary N) is 1. The summed E-state index contributed by atoms with van der Waals surface area (Å²) < 4.78 is 11.5. The first-order valence-electron chi connectivity index (χ1n) is 7.03. The zero-order chi connectivity index (χ0) is 13.9. The van der Waals surface area contributed by atoms with Crippen LogP contribution in [0.2, 0.25) is 5.02 Å². The monoisotopic (exact) mass is 294 g/mol. The minimum Gasteiger partial charge on any atom is -0.458 e. The van der Waals surface area contributed by atoms with Crippen LogP contribution in [0.5, 0.6) is 0 Å². The van der Waals surface area contributed by atoms with Gasteiger partial charge in [0.15, 0.2) is 5.58 Å². The number of halogens is 1. The van der Waals surface area contributed by atoms with Crippen molar-refractivity contribution in [2.24, 2.45) is 5.84 Å². The van der Waals surface area contributed by atoms with Gasteiger partial charge in [-0.25, -0.2) is 5.43 Å². The molecule has 4 nitrogen and oxygen atoms in total. The number of fused-ring (bicyclic) bond motifs is 1. The number of para-hydroxylation sites is 1. The van der Waals surface area contributed by atoms with Gasteiger partial charge in [-0.15, -0.1) is 0 Å². The van der Waals surface area contributed by atoms with E-state index in [-0.39, 0.29) is 6.04 Å². The van der Waals surface area contributed by atoms with Crippen LogP contribution >= 0.6 is 11.6 Å². The minimum atomic E-state index is -0.0114. The highest BCUT2D eigenvalue weighted by Gasteiger charge is 2.20. The van der Waals surface area contributed by atoms with Crippen LogP contribution in [-0.4, -0.2) is 12.7 Å². The van der Waals surface area contributed by atoms with Crippen LogP contribution in [-0.2, 0) is 4.74 Å². The SMILES string of the molecule is NNC(CCC1CCCO1)c1cc2cccc(Cl)c2o1. The molecule has 0 amide bonds. The van der Waals surface area contributed by atoms with Crippen molar-refractivity contribution in [3.63, 3.8) is 0 Å². The first kappa shape index (κ1) is 13.9. The Labute approximate surface area is 123 Å². The second-order valence-corrected chi connectivity index (χ2v) is 5.65. The molecule has 0 bridgehead atoms. The lowest BCUT2D eigenvalue weighted by molar-refractivity contribution is 0.0989. The number of hydrazine groups is 1. The first-order valence-corrected chi connectivity index (χ1v) is 7.41. The van der Waals surface area contributed by atoms with Crippen LogP contribution in [0.25, 0.3) is 11.0 Å². The van der Waals surface area contributed by atoms with Gasteiger partial charge < -0.3 is 9.15 Å². The molecular weight excluding hydrogens is 276 g/mol. The van der Waals surface area contributed by atoms with E-state index in [1.165, 1.54) is 0 Å². The molecule has 0 radical (unpaired) electrons. The van der Waals surface area contributed by atoms with Gasteiger partial charge in [0.05, 0.1) is 17.2 Å². The zero-order valence-electron chi connectivity index (χ0n) is 11.3. The Bertz CT molecular complexity index is 578. The second kappa shape index (κ2) is 6.14. The van der Waals surface area contributed by atoms with E-state index >= 15 is 0 Å². The van der Waals surface area contributed by atoms with E-state index in [2.05, 4.69) is 5.43 Å². The number of furan rings is 1. The Morgan fingerprint density at radius 2 is 2.35 bits per heavy atom. The van der Waals surface area contributed by atoms with Crippen LogP contribution in [0.4, 0.5) is 0 Å². The molecule has 0 aliphatic carbocycles. The lowest BCUT2D eigenvalue weighted by Crippen LogP contribution is -2.28. The largest absolute Gasteiger partial charge is 0.458 e. The average molecular weight is 295 g/mol. The van der Waals surface area contributed by atoms with Crippen molar-refractivity contribution in [2.45, 2.75) is 37.8 Å². The normalized spacial score (nSPS) is 20.6. The molecule has 0 saturated carbocycles. The molecule has 0 spiro atoms. The molecule has 5 heteroatoms. The number of benzene rings is 1. The summed E-state index contributed by atoms with van der Waals surface area (Å²) in [6, 6.07) is 7.72. The van der Waals surface area contributed by atoms with E-state index in [1.807, 2.05) is 24.3 Å². The van der Waals surface area contributed by atoms with Gasteiger partial charge in [-0.05, 0) is 37.8 Å². The topological polar surface area (TPSA) is 60.4 Å². The molecule has 3 N–H and O–H groups in total. The predicted molar refractivity (Wildman–Crippen MR) is 79.5 cm³/mol. The van der Waals surface area contributed by atoms with Gasteiger partial charge >= 0.3 is 0 Å². The number of hydrogen-bond donors (Lipinski definition) is 2. The Morgan fingerprint density at radius 1 is 1.45 bits per heavy atom. The Hall–Kier alpha value is -1.07. The Morgan fingerprint density at radius 3 is 3.05 bits per heavy atom. The molecule has 108 valence electrons. The summed E-state index contributed by atoms with van der Waals surface area (Å²) in [5.74, 6) is 6.49.